The van der Waals surface area contributed by atoms with E-state index in [9.17, 15) is 18.8 Å². The van der Waals surface area contributed by atoms with Gasteiger partial charge in [0.15, 0.2) is 0 Å². The van der Waals surface area contributed by atoms with E-state index in [1.54, 1.807) is 42.5 Å². The van der Waals surface area contributed by atoms with Crippen molar-refractivity contribution in [3.63, 3.8) is 0 Å². The summed E-state index contributed by atoms with van der Waals surface area (Å²) in [4.78, 5) is 44.2. The largest absolute Gasteiger partial charge is 0.497 e. The van der Waals surface area contributed by atoms with E-state index >= 15 is 0 Å². The predicted octanol–water partition coefficient (Wildman–Crippen LogP) is 4.64. The van der Waals surface area contributed by atoms with Gasteiger partial charge < -0.3 is 15.0 Å². The number of nitrogens with zero attached hydrogens (tertiary/aromatic N) is 2. The van der Waals surface area contributed by atoms with E-state index in [0.717, 1.165) is 22.1 Å². The molecule has 7 nitrogen and oxygen atoms in total. The number of ether oxygens (including phenoxy) is 1. The average Bonchev–Trinajstić information content (AvgIpc) is 3.38. The first kappa shape index (κ1) is 23.2. The molecule has 0 unspecified atom stereocenters. The van der Waals surface area contributed by atoms with Crippen molar-refractivity contribution in [1.29, 1.82) is 0 Å². The number of hydrogen-bond acceptors (Lipinski definition) is 5. The first-order valence-corrected chi connectivity index (χ1v) is 12.1. The van der Waals surface area contributed by atoms with E-state index in [-0.39, 0.29) is 10.7 Å². The lowest BCUT2D eigenvalue weighted by atomic mass is 9.84. The van der Waals surface area contributed by atoms with Gasteiger partial charge in [0.1, 0.15) is 17.6 Å². The van der Waals surface area contributed by atoms with Gasteiger partial charge in [0.05, 0.1) is 35.7 Å². The number of hydrogen-bond donors (Lipinski definition) is 1. The van der Waals surface area contributed by atoms with E-state index in [1.165, 1.54) is 12.1 Å². The topological polar surface area (TPSA) is 79.0 Å². The second kappa shape index (κ2) is 8.74. The van der Waals surface area contributed by atoms with Crippen LogP contribution in [0, 0.1) is 17.7 Å². The van der Waals surface area contributed by atoms with E-state index < -0.39 is 47.5 Å². The molecular formula is C28H21ClFN3O4. The van der Waals surface area contributed by atoms with Gasteiger partial charge in [-0.15, -0.1) is 0 Å². The molecule has 2 fully saturated rings. The molecule has 0 aromatic heterocycles. The fourth-order valence-corrected chi connectivity index (χ4v) is 5.80. The van der Waals surface area contributed by atoms with Crippen LogP contribution in [-0.2, 0) is 14.4 Å². The lowest BCUT2D eigenvalue weighted by molar-refractivity contribution is -0.128. The third kappa shape index (κ3) is 3.59. The van der Waals surface area contributed by atoms with Gasteiger partial charge in [0, 0.05) is 11.9 Å². The Morgan fingerprint density at radius 2 is 1.73 bits per heavy atom. The number of fused-ring (bicyclic) bond motifs is 5. The van der Waals surface area contributed by atoms with Crippen molar-refractivity contribution in [1.82, 2.24) is 4.90 Å². The molecule has 2 saturated heterocycles. The fourth-order valence-electron chi connectivity index (χ4n) is 5.63. The van der Waals surface area contributed by atoms with Gasteiger partial charge in [-0.3, -0.25) is 14.4 Å². The number of anilines is 2. The highest BCUT2D eigenvalue weighted by Crippen LogP contribution is 2.53. The maximum atomic E-state index is 13.8. The highest BCUT2D eigenvalue weighted by Gasteiger charge is 2.64. The molecule has 3 aromatic carbocycles. The van der Waals surface area contributed by atoms with Crippen molar-refractivity contribution in [2.75, 3.05) is 17.3 Å². The standard InChI is InChI=1S/C28H21ClFN3O4/c1-37-18-9-6-16(7-10-18)31-26(34)25-23-22(24-19-5-3-2-4-15(19)12-13-32(24)25)27(35)33(28(23)36)17-8-11-21(30)20(29)14-17/h2-14,22-25H,1H3,(H,31,34)/t22-,23+,24+,25-/m0/s1. The van der Waals surface area contributed by atoms with Crippen LogP contribution >= 0.6 is 11.6 Å². The SMILES string of the molecule is COc1ccc(NC(=O)[C@@H]2[C@@H]3C(=O)N(c4ccc(F)c(Cl)c4)C(=O)[C@@H]3[C@H]3c4ccccc4C=CN23)cc1. The van der Waals surface area contributed by atoms with Crippen LogP contribution in [-0.4, -0.2) is 35.8 Å². The van der Waals surface area contributed by atoms with Crippen molar-refractivity contribution >= 4 is 46.8 Å². The van der Waals surface area contributed by atoms with Crippen molar-refractivity contribution in [3.05, 3.63) is 94.9 Å². The van der Waals surface area contributed by atoms with Crippen LogP contribution in [0.15, 0.2) is 72.9 Å². The molecule has 3 aliphatic rings. The monoisotopic (exact) mass is 517 g/mol. The molecule has 0 bridgehead atoms. The zero-order valence-electron chi connectivity index (χ0n) is 19.6. The molecule has 3 aromatic rings. The molecule has 186 valence electrons. The van der Waals surface area contributed by atoms with Crippen molar-refractivity contribution in [2.24, 2.45) is 11.8 Å². The Bertz CT molecular complexity index is 1470. The number of methoxy groups -OCH3 is 1. The predicted molar refractivity (Wildman–Crippen MR) is 136 cm³/mol. The quantitative estimate of drug-likeness (QED) is 0.510. The first-order valence-electron chi connectivity index (χ1n) is 11.7. The molecule has 37 heavy (non-hydrogen) atoms. The summed E-state index contributed by atoms with van der Waals surface area (Å²) < 4.78 is 19.0. The molecule has 0 saturated carbocycles. The molecule has 1 N–H and O–H groups in total. The lowest BCUT2D eigenvalue weighted by Gasteiger charge is -2.35. The van der Waals surface area contributed by atoms with Gasteiger partial charge in [-0.2, -0.15) is 0 Å². The van der Waals surface area contributed by atoms with Gasteiger partial charge in [-0.25, -0.2) is 9.29 Å². The number of benzene rings is 3. The van der Waals surface area contributed by atoms with Crippen molar-refractivity contribution in [3.8, 4) is 5.75 Å². The number of carbonyl (C=O) groups excluding carboxylic acids is 3. The molecule has 9 heteroatoms. The number of nitrogens with one attached hydrogen (secondary N) is 1. The Hall–Kier alpha value is -4.17. The molecule has 0 radical (unpaired) electrons. The lowest BCUT2D eigenvalue weighted by Crippen LogP contribution is -2.46. The molecule has 4 atom stereocenters. The number of carbonyl (C=O) groups is 3. The Balaban J connectivity index is 1.42. The summed E-state index contributed by atoms with van der Waals surface area (Å²) in [6.45, 7) is 0. The van der Waals surface area contributed by atoms with E-state index in [0.29, 0.717) is 11.4 Å². The van der Waals surface area contributed by atoms with Gasteiger partial charge in [0.2, 0.25) is 17.7 Å². The van der Waals surface area contributed by atoms with Crippen LogP contribution in [0.1, 0.15) is 17.2 Å². The third-order valence-electron chi connectivity index (χ3n) is 7.25. The number of rotatable bonds is 4. The Labute approximate surface area is 217 Å². The highest BCUT2D eigenvalue weighted by molar-refractivity contribution is 6.31. The molecule has 3 aliphatic heterocycles. The minimum atomic E-state index is -0.949. The maximum Gasteiger partial charge on any atom is 0.247 e. The van der Waals surface area contributed by atoms with Crippen molar-refractivity contribution in [2.45, 2.75) is 12.1 Å². The van der Waals surface area contributed by atoms with Crippen LogP contribution in [0.3, 0.4) is 0 Å². The summed E-state index contributed by atoms with van der Waals surface area (Å²) in [6, 6.07) is 16.7. The minimum absolute atomic E-state index is 0.177. The summed E-state index contributed by atoms with van der Waals surface area (Å²) in [5.41, 5.74) is 2.49. The number of imide groups is 1. The van der Waals surface area contributed by atoms with E-state index in [1.807, 2.05) is 30.3 Å². The molecule has 6 rings (SSSR count). The zero-order chi connectivity index (χ0) is 25.8. The maximum absolute atomic E-state index is 13.8. The average molecular weight is 518 g/mol. The zero-order valence-corrected chi connectivity index (χ0v) is 20.4. The Kier molecular flexibility index (Phi) is 5.49. The molecule has 0 spiro atoms. The van der Waals surface area contributed by atoms with Gasteiger partial charge >= 0.3 is 0 Å². The molecule has 0 aliphatic carbocycles. The molecule has 3 amide bonds. The van der Waals surface area contributed by atoms with Crippen LogP contribution in [0.4, 0.5) is 15.8 Å². The van der Waals surface area contributed by atoms with Gasteiger partial charge in [-0.1, -0.05) is 35.9 Å². The summed E-state index contributed by atoms with van der Waals surface area (Å²) in [6.07, 6.45) is 3.66. The highest BCUT2D eigenvalue weighted by atomic mass is 35.5. The van der Waals surface area contributed by atoms with Crippen LogP contribution in [0.2, 0.25) is 5.02 Å². The summed E-state index contributed by atoms with van der Waals surface area (Å²) in [5.74, 6) is -3.15. The van der Waals surface area contributed by atoms with Gasteiger partial charge in [0.25, 0.3) is 0 Å². The summed E-state index contributed by atoms with van der Waals surface area (Å²) in [5, 5.41) is 2.69. The Morgan fingerprint density at radius 1 is 1.00 bits per heavy atom. The van der Waals surface area contributed by atoms with Crippen LogP contribution < -0.4 is 15.0 Å². The molecule has 3 heterocycles. The molecular weight excluding hydrogens is 497 g/mol. The van der Waals surface area contributed by atoms with Crippen LogP contribution in [0.25, 0.3) is 6.08 Å². The minimum Gasteiger partial charge on any atom is -0.497 e. The fraction of sp³-hybridized carbons (Fsp3) is 0.179. The van der Waals surface area contributed by atoms with E-state index in [2.05, 4.69) is 5.32 Å². The number of amides is 3. The normalized spacial score (nSPS) is 23.5. The second-order valence-corrected chi connectivity index (χ2v) is 9.57. The summed E-state index contributed by atoms with van der Waals surface area (Å²) in [7, 11) is 1.55. The smallest absolute Gasteiger partial charge is 0.247 e. The van der Waals surface area contributed by atoms with E-state index in [4.69, 9.17) is 16.3 Å². The van der Waals surface area contributed by atoms with Gasteiger partial charge in [-0.05, 0) is 59.7 Å². The second-order valence-electron chi connectivity index (χ2n) is 9.16. The first-order chi connectivity index (χ1) is 17.9. The summed E-state index contributed by atoms with van der Waals surface area (Å²) >= 11 is 5.96. The Morgan fingerprint density at radius 3 is 2.46 bits per heavy atom. The van der Waals surface area contributed by atoms with Crippen molar-refractivity contribution < 1.29 is 23.5 Å². The number of halogens is 2. The van der Waals surface area contributed by atoms with Crippen LogP contribution in [0.5, 0.6) is 5.75 Å². The third-order valence-corrected chi connectivity index (χ3v) is 7.54.